The van der Waals surface area contributed by atoms with Crippen LogP contribution in [0.1, 0.15) is 32.1 Å². The Hall–Kier alpha value is -0.460. The molecule has 1 rings (SSSR count). The molecule has 0 aromatic carbocycles. The molecule has 1 aromatic rings. The van der Waals surface area contributed by atoms with Gasteiger partial charge in [-0.25, -0.2) is 4.68 Å². The van der Waals surface area contributed by atoms with Crippen molar-refractivity contribution in [2.75, 3.05) is 6.61 Å². The number of aryl methyl sites for hydroxylation is 1. The highest BCUT2D eigenvalue weighted by Crippen LogP contribution is 2.25. The summed E-state index contributed by atoms with van der Waals surface area (Å²) < 4.78 is 7.56. The fourth-order valence-electron chi connectivity index (χ4n) is 1.48. The van der Waals surface area contributed by atoms with E-state index in [1.54, 1.807) is 11.7 Å². The molecular weight excluding hydrogens is 262 g/mol. The minimum absolute atomic E-state index is 0.219. The second kappa shape index (κ2) is 5.58. The molecule has 0 amide bonds. The lowest BCUT2D eigenvalue weighted by Crippen LogP contribution is -2.23. The van der Waals surface area contributed by atoms with Gasteiger partial charge in [0, 0.05) is 13.7 Å². The van der Waals surface area contributed by atoms with Gasteiger partial charge in [-0.1, -0.05) is 12.1 Å². The van der Waals surface area contributed by atoms with Crippen LogP contribution in [0.4, 0.5) is 0 Å². The predicted octanol–water partition coefficient (Wildman–Crippen LogP) is 1.43. The number of rotatable bonds is 5. The van der Waals surface area contributed by atoms with Gasteiger partial charge in [0.1, 0.15) is 11.8 Å². The number of hydrogen-bond acceptors (Lipinski definition) is 4. The van der Waals surface area contributed by atoms with Crippen molar-refractivity contribution in [2.45, 2.75) is 32.5 Å². The molecule has 2 unspecified atom stereocenters. The summed E-state index contributed by atoms with van der Waals surface area (Å²) in [5.74, 6) is 0. The van der Waals surface area contributed by atoms with E-state index in [1.165, 1.54) is 0 Å². The van der Waals surface area contributed by atoms with E-state index in [-0.39, 0.29) is 6.10 Å². The lowest BCUT2D eigenvalue weighted by molar-refractivity contribution is -0.0391. The van der Waals surface area contributed by atoms with Gasteiger partial charge in [-0.15, -0.1) is 5.10 Å². The third kappa shape index (κ3) is 2.76. The molecule has 15 heavy (non-hydrogen) atoms. The number of ether oxygens (including phenoxy) is 1. The van der Waals surface area contributed by atoms with Gasteiger partial charge in [-0.2, -0.15) is 0 Å². The van der Waals surface area contributed by atoms with Crippen molar-refractivity contribution in [2.24, 2.45) is 7.05 Å². The van der Waals surface area contributed by atoms with Crippen LogP contribution in [0.5, 0.6) is 0 Å². The highest BCUT2D eigenvalue weighted by Gasteiger charge is 2.25. The molecule has 0 bridgehead atoms. The van der Waals surface area contributed by atoms with Crippen LogP contribution < -0.4 is 0 Å². The molecule has 0 spiro atoms. The number of aliphatic hydroxyl groups is 1. The summed E-state index contributed by atoms with van der Waals surface area (Å²) in [7, 11) is 1.75. The van der Waals surface area contributed by atoms with E-state index in [4.69, 9.17) is 4.74 Å². The molecule has 5 nitrogen and oxygen atoms in total. The van der Waals surface area contributed by atoms with E-state index < -0.39 is 6.10 Å². The molecule has 0 fully saturated rings. The van der Waals surface area contributed by atoms with Gasteiger partial charge in [0.25, 0.3) is 0 Å². The first-order valence-electron chi connectivity index (χ1n) is 4.96. The normalized spacial score (nSPS) is 15.3. The van der Waals surface area contributed by atoms with Gasteiger partial charge >= 0.3 is 0 Å². The summed E-state index contributed by atoms with van der Waals surface area (Å²) >= 11 is 3.26. The Morgan fingerprint density at radius 2 is 2.20 bits per heavy atom. The third-order valence-electron chi connectivity index (χ3n) is 2.24. The van der Waals surface area contributed by atoms with E-state index >= 15 is 0 Å². The molecule has 2 atom stereocenters. The summed E-state index contributed by atoms with van der Waals surface area (Å²) in [5.41, 5.74) is 0.648. The molecule has 0 aliphatic heterocycles. The second-order valence-corrected chi connectivity index (χ2v) is 3.99. The van der Waals surface area contributed by atoms with E-state index in [0.29, 0.717) is 16.9 Å². The van der Waals surface area contributed by atoms with Gasteiger partial charge in [-0.3, -0.25) is 0 Å². The van der Waals surface area contributed by atoms with E-state index in [2.05, 4.69) is 26.2 Å². The quantitative estimate of drug-likeness (QED) is 0.885. The highest BCUT2D eigenvalue weighted by atomic mass is 79.9. The van der Waals surface area contributed by atoms with Crippen molar-refractivity contribution in [3.8, 4) is 0 Å². The Morgan fingerprint density at radius 1 is 1.53 bits per heavy atom. The van der Waals surface area contributed by atoms with E-state index in [0.717, 1.165) is 6.42 Å². The van der Waals surface area contributed by atoms with Crippen molar-refractivity contribution in [3.05, 3.63) is 10.3 Å². The molecule has 1 heterocycles. The van der Waals surface area contributed by atoms with Crippen LogP contribution in [0.25, 0.3) is 0 Å². The van der Waals surface area contributed by atoms with Crippen LogP contribution in [0, 0.1) is 0 Å². The summed E-state index contributed by atoms with van der Waals surface area (Å²) in [6, 6.07) is 0. The van der Waals surface area contributed by atoms with Crippen LogP contribution in [-0.2, 0) is 11.8 Å². The van der Waals surface area contributed by atoms with Gasteiger partial charge in [0.15, 0.2) is 4.60 Å². The first kappa shape index (κ1) is 12.6. The third-order valence-corrected chi connectivity index (χ3v) is 2.81. The second-order valence-electron chi connectivity index (χ2n) is 3.24. The zero-order chi connectivity index (χ0) is 11.4. The highest BCUT2D eigenvalue weighted by molar-refractivity contribution is 9.10. The first-order valence-corrected chi connectivity index (χ1v) is 5.75. The molecule has 0 aliphatic rings. The number of aromatic nitrogens is 3. The van der Waals surface area contributed by atoms with Crippen LogP contribution in [0.15, 0.2) is 4.60 Å². The minimum Gasteiger partial charge on any atom is -0.384 e. The number of halogens is 1. The summed E-state index contributed by atoms with van der Waals surface area (Å²) in [6.45, 7) is 4.46. The van der Waals surface area contributed by atoms with Crippen LogP contribution in [0.2, 0.25) is 0 Å². The van der Waals surface area contributed by atoms with Gasteiger partial charge in [0.05, 0.1) is 6.10 Å². The zero-order valence-electron chi connectivity index (χ0n) is 9.14. The Balaban J connectivity index is 2.86. The monoisotopic (exact) mass is 277 g/mol. The minimum atomic E-state index is -0.704. The van der Waals surface area contributed by atoms with Crippen molar-refractivity contribution in [1.29, 1.82) is 0 Å². The van der Waals surface area contributed by atoms with Crippen molar-refractivity contribution in [3.63, 3.8) is 0 Å². The lowest BCUT2D eigenvalue weighted by atomic mass is 10.1. The van der Waals surface area contributed by atoms with Crippen LogP contribution >= 0.6 is 15.9 Å². The largest absolute Gasteiger partial charge is 0.384 e. The summed E-state index contributed by atoms with van der Waals surface area (Å²) in [4.78, 5) is 0. The van der Waals surface area contributed by atoms with Gasteiger partial charge < -0.3 is 9.84 Å². The lowest BCUT2D eigenvalue weighted by Gasteiger charge is -2.21. The zero-order valence-corrected chi connectivity index (χ0v) is 10.7. The summed E-state index contributed by atoms with van der Waals surface area (Å²) in [6.07, 6.45) is -0.181. The number of nitrogens with zero attached hydrogens (tertiary/aromatic N) is 3. The molecule has 0 saturated carbocycles. The van der Waals surface area contributed by atoms with E-state index in [9.17, 15) is 5.11 Å². The Bertz CT molecular complexity index is 297. The van der Waals surface area contributed by atoms with Gasteiger partial charge in [-0.05, 0) is 29.3 Å². The molecule has 1 N–H and O–H groups in total. The molecule has 86 valence electrons. The van der Waals surface area contributed by atoms with Crippen LogP contribution in [0.3, 0.4) is 0 Å². The molecule has 6 heteroatoms. The van der Waals surface area contributed by atoms with Gasteiger partial charge in [0.2, 0.25) is 0 Å². The smallest absolute Gasteiger partial charge is 0.154 e. The average molecular weight is 278 g/mol. The van der Waals surface area contributed by atoms with Crippen molar-refractivity contribution >= 4 is 15.9 Å². The standard InChI is InChI=1S/C9H16BrN3O2/c1-4-6(15-5-2)8(14)7-9(10)11-12-13(7)3/h6,8,14H,4-5H2,1-3H3. The van der Waals surface area contributed by atoms with E-state index in [1.807, 2.05) is 13.8 Å². The molecular formula is C9H16BrN3O2. The maximum Gasteiger partial charge on any atom is 0.154 e. The Morgan fingerprint density at radius 3 is 2.60 bits per heavy atom. The maximum atomic E-state index is 10.1. The number of hydrogen-bond donors (Lipinski definition) is 1. The molecule has 0 radical (unpaired) electrons. The Kier molecular flexibility index (Phi) is 4.69. The molecule has 0 aliphatic carbocycles. The average Bonchev–Trinajstić information content (AvgIpc) is 2.54. The van der Waals surface area contributed by atoms with Crippen molar-refractivity contribution in [1.82, 2.24) is 15.0 Å². The molecule has 1 aromatic heterocycles. The topological polar surface area (TPSA) is 60.2 Å². The SMILES string of the molecule is CCOC(CC)C(O)c1c(Br)nnn1C. The molecule has 0 saturated heterocycles. The van der Waals surface area contributed by atoms with Crippen molar-refractivity contribution < 1.29 is 9.84 Å². The fourth-order valence-corrected chi connectivity index (χ4v) is 2.04. The fraction of sp³-hybridized carbons (Fsp3) is 0.778. The Labute approximate surface area is 97.6 Å². The first-order chi connectivity index (χ1) is 7.11. The predicted molar refractivity (Wildman–Crippen MR) is 59.4 cm³/mol. The number of aliphatic hydroxyl groups excluding tert-OH is 1. The maximum absolute atomic E-state index is 10.1. The van der Waals surface area contributed by atoms with Crippen LogP contribution in [-0.4, -0.2) is 32.8 Å². The summed E-state index contributed by atoms with van der Waals surface area (Å²) in [5, 5.41) is 17.8.